The average Bonchev–Trinajstić information content (AvgIpc) is 2.79. The van der Waals surface area contributed by atoms with Gasteiger partial charge in [0.05, 0.1) is 0 Å². The Balaban J connectivity index is 2.48. The molecule has 5 heteroatoms. The summed E-state index contributed by atoms with van der Waals surface area (Å²) >= 11 is 0. The van der Waals surface area contributed by atoms with Gasteiger partial charge in [0.15, 0.2) is 17.2 Å². The Bertz CT molecular complexity index is 576. The molecule has 0 aliphatic carbocycles. The minimum Gasteiger partial charge on any atom is -0.422 e. The highest BCUT2D eigenvalue weighted by Crippen LogP contribution is 2.25. The number of hydrogen-bond donors (Lipinski definition) is 0. The zero-order valence-corrected chi connectivity index (χ0v) is 11.9. The third-order valence-electron chi connectivity index (χ3n) is 3.22. The van der Waals surface area contributed by atoms with Gasteiger partial charge in [0.1, 0.15) is 6.33 Å². The van der Waals surface area contributed by atoms with Gasteiger partial charge in [0, 0.05) is 19.5 Å². The molecule has 0 aliphatic rings. The number of rotatable bonds is 5. The lowest BCUT2D eigenvalue weighted by Gasteiger charge is -2.28. The van der Waals surface area contributed by atoms with Crippen LogP contribution in [-0.2, 0) is 0 Å². The maximum atomic E-state index is 5.47. The van der Waals surface area contributed by atoms with Crippen molar-refractivity contribution in [2.24, 2.45) is 0 Å². The van der Waals surface area contributed by atoms with Crippen molar-refractivity contribution in [3.63, 3.8) is 0 Å². The SMILES string of the molecule is CC=CCN(c1ncnc2oc(C)nc12)C(C)CC. The Labute approximate surface area is 113 Å². The van der Waals surface area contributed by atoms with Gasteiger partial charge in [0.25, 0.3) is 5.71 Å². The topological polar surface area (TPSA) is 55.1 Å². The van der Waals surface area contributed by atoms with Crippen LogP contribution < -0.4 is 4.90 Å². The quantitative estimate of drug-likeness (QED) is 0.773. The van der Waals surface area contributed by atoms with E-state index in [1.54, 1.807) is 0 Å². The fourth-order valence-electron chi connectivity index (χ4n) is 1.97. The highest BCUT2D eigenvalue weighted by Gasteiger charge is 2.19. The van der Waals surface area contributed by atoms with Crippen LogP contribution in [-0.4, -0.2) is 27.5 Å². The zero-order chi connectivity index (χ0) is 13.8. The molecule has 102 valence electrons. The molecule has 2 aromatic heterocycles. The maximum Gasteiger partial charge on any atom is 0.252 e. The number of allylic oxidation sites excluding steroid dienone is 1. The largest absolute Gasteiger partial charge is 0.422 e. The number of anilines is 1. The van der Waals surface area contributed by atoms with Crippen molar-refractivity contribution in [2.75, 3.05) is 11.4 Å². The molecule has 0 fully saturated rings. The highest BCUT2D eigenvalue weighted by atomic mass is 16.4. The molecule has 0 bridgehead atoms. The average molecular weight is 260 g/mol. The molecule has 0 saturated carbocycles. The standard InChI is InChI=1S/C14H20N4O/c1-5-7-8-18(10(3)6-2)13-12-14(16-9-15-13)19-11(4)17-12/h5,7,9-10H,6,8H2,1-4H3. The number of hydrogen-bond acceptors (Lipinski definition) is 5. The number of aryl methyl sites for hydroxylation is 1. The summed E-state index contributed by atoms with van der Waals surface area (Å²) in [6.07, 6.45) is 6.74. The minimum atomic E-state index is 0.381. The molecule has 19 heavy (non-hydrogen) atoms. The van der Waals surface area contributed by atoms with E-state index in [1.807, 2.05) is 19.9 Å². The van der Waals surface area contributed by atoms with Crippen LogP contribution in [0.2, 0.25) is 0 Å². The van der Waals surface area contributed by atoms with Gasteiger partial charge in [-0.05, 0) is 20.3 Å². The Kier molecular flexibility index (Phi) is 4.14. The van der Waals surface area contributed by atoms with Gasteiger partial charge in [-0.2, -0.15) is 4.98 Å². The summed E-state index contributed by atoms with van der Waals surface area (Å²) in [6, 6.07) is 0.381. The van der Waals surface area contributed by atoms with Crippen molar-refractivity contribution in [3.05, 3.63) is 24.4 Å². The van der Waals surface area contributed by atoms with Gasteiger partial charge in [-0.25, -0.2) is 9.97 Å². The Hall–Kier alpha value is -1.91. The van der Waals surface area contributed by atoms with E-state index in [2.05, 4.69) is 39.8 Å². The third-order valence-corrected chi connectivity index (χ3v) is 3.22. The second kappa shape index (κ2) is 5.82. The number of aromatic nitrogens is 3. The summed E-state index contributed by atoms with van der Waals surface area (Å²) in [7, 11) is 0. The first-order valence-electron chi connectivity index (χ1n) is 6.63. The molecule has 0 amide bonds. The fraction of sp³-hybridized carbons (Fsp3) is 0.500. The van der Waals surface area contributed by atoms with Crippen LogP contribution >= 0.6 is 0 Å². The van der Waals surface area contributed by atoms with Crippen molar-refractivity contribution in [1.29, 1.82) is 0 Å². The van der Waals surface area contributed by atoms with Crippen molar-refractivity contribution in [3.8, 4) is 0 Å². The Morgan fingerprint density at radius 2 is 2.21 bits per heavy atom. The predicted molar refractivity (Wildman–Crippen MR) is 76.2 cm³/mol. The fourth-order valence-corrected chi connectivity index (χ4v) is 1.97. The smallest absolute Gasteiger partial charge is 0.252 e. The molecule has 0 N–H and O–H groups in total. The molecule has 0 aliphatic heterocycles. The van der Waals surface area contributed by atoms with Gasteiger partial charge >= 0.3 is 0 Å². The summed E-state index contributed by atoms with van der Waals surface area (Å²) in [5, 5.41) is 0. The zero-order valence-electron chi connectivity index (χ0n) is 11.9. The third kappa shape index (κ3) is 2.75. The van der Waals surface area contributed by atoms with Gasteiger partial charge in [0.2, 0.25) is 0 Å². The van der Waals surface area contributed by atoms with E-state index in [0.29, 0.717) is 17.6 Å². The summed E-state index contributed by atoms with van der Waals surface area (Å²) in [4.78, 5) is 15.2. The molecule has 1 atom stereocenters. The molecule has 1 unspecified atom stereocenters. The van der Waals surface area contributed by atoms with Crippen LogP contribution in [0.3, 0.4) is 0 Å². The van der Waals surface area contributed by atoms with Gasteiger partial charge < -0.3 is 9.32 Å². The summed E-state index contributed by atoms with van der Waals surface area (Å²) in [5.74, 6) is 1.46. The van der Waals surface area contributed by atoms with E-state index in [4.69, 9.17) is 4.42 Å². The number of nitrogens with zero attached hydrogens (tertiary/aromatic N) is 4. The van der Waals surface area contributed by atoms with E-state index >= 15 is 0 Å². The normalized spacial score (nSPS) is 13.3. The monoisotopic (exact) mass is 260 g/mol. The maximum absolute atomic E-state index is 5.47. The first kappa shape index (κ1) is 13.5. The van der Waals surface area contributed by atoms with Crippen molar-refractivity contribution < 1.29 is 4.42 Å². The molecular weight excluding hydrogens is 240 g/mol. The van der Waals surface area contributed by atoms with Crippen LogP contribution in [0.1, 0.15) is 33.1 Å². The predicted octanol–water partition coefficient (Wildman–Crippen LogP) is 3.11. The lowest BCUT2D eigenvalue weighted by molar-refractivity contribution is 0.551. The van der Waals surface area contributed by atoms with Crippen LogP contribution in [0.5, 0.6) is 0 Å². The second-order valence-electron chi connectivity index (χ2n) is 4.56. The molecule has 2 rings (SSSR count). The molecule has 0 aromatic carbocycles. The second-order valence-corrected chi connectivity index (χ2v) is 4.56. The number of fused-ring (bicyclic) bond motifs is 1. The lowest BCUT2D eigenvalue weighted by atomic mass is 10.2. The molecule has 0 spiro atoms. The van der Waals surface area contributed by atoms with Crippen LogP contribution in [0.25, 0.3) is 11.2 Å². The molecule has 0 saturated heterocycles. The minimum absolute atomic E-state index is 0.381. The molecule has 2 heterocycles. The molecule has 5 nitrogen and oxygen atoms in total. The molecule has 2 aromatic rings. The Morgan fingerprint density at radius 1 is 1.42 bits per heavy atom. The van der Waals surface area contributed by atoms with Crippen LogP contribution in [0.4, 0.5) is 5.82 Å². The summed E-state index contributed by atoms with van der Waals surface area (Å²) in [5.41, 5.74) is 1.29. The van der Waals surface area contributed by atoms with Crippen molar-refractivity contribution >= 4 is 17.0 Å². The first-order valence-corrected chi connectivity index (χ1v) is 6.63. The van der Waals surface area contributed by atoms with Crippen molar-refractivity contribution in [1.82, 2.24) is 15.0 Å². The first-order chi connectivity index (χ1) is 9.17. The van der Waals surface area contributed by atoms with Gasteiger partial charge in [-0.3, -0.25) is 0 Å². The Morgan fingerprint density at radius 3 is 2.89 bits per heavy atom. The summed E-state index contributed by atoms with van der Waals surface area (Å²) < 4.78 is 5.47. The number of oxazole rings is 1. The lowest BCUT2D eigenvalue weighted by Crippen LogP contribution is -2.33. The van der Waals surface area contributed by atoms with Gasteiger partial charge in [-0.1, -0.05) is 19.1 Å². The molecular formula is C14H20N4O. The van der Waals surface area contributed by atoms with E-state index < -0.39 is 0 Å². The van der Waals surface area contributed by atoms with Gasteiger partial charge in [-0.15, -0.1) is 0 Å². The van der Waals surface area contributed by atoms with Crippen LogP contribution in [0, 0.1) is 6.92 Å². The van der Waals surface area contributed by atoms with Crippen LogP contribution in [0.15, 0.2) is 22.9 Å². The summed E-state index contributed by atoms with van der Waals surface area (Å²) in [6.45, 7) is 9.00. The van der Waals surface area contributed by atoms with E-state index in [-0.39, 0.29) is 0 Å². The highest BCUT2D eigenvalue weighted by molar-refractivity contribution is 5.81. The van der Waals surface area contributed by atoms with E-state index in [0.717, 1.165) is 24.3 Å². The molecule has 0 radical (unpaired) electrons. The van der Waals surface area contributed by atoms with E-state index in [1.165, 1.54) is 6.33 Å². The van der Waals surface area contributed by atoms with E-state index in [9.17, 15) is 0 Å². The van der Waals surface area contributed by atoms with Crippen molar-refractivity contribution in [2.45, 2.75) is 40.2 Å².